The molecule has 1 saturated heterocycles. The molecule has 5 atom stereocenters. The normalized spacial score (nSPS) is 31.3. The van der Waals surface area contributed by atoms with Crippen LogP contribution < -0.4 is 10.5 Å². The van der Waals surface area contributed by atoms with Gasteiger partial charge in [0.2, 0.25) is 0 Å². The van der Waals surface area contributed by atoms with E-state index in [1.807, 2.05) is 0 Å². The van der Waals surface area contributed by atoms with Crippen LogP contribution in [0.2, 0.25) is 0 Å². The van der Waals surface area contributed by atoms with Crippen molar-refractivity contribution < 1.29 is 30.5 Å². The van der Waals surface area contributed by atoms with Crippen LogP contribution in [-0.2, 0) is 4.74 Å². The fourth-order valence-corrected chi connectivity index (χ4v) is 2.13. The highest BCUT2D eigenvalue weighted by Crippen LogP contribution is 2.26. The van der Waals surface area contributed by atoms with E-state index in [0.29, 0.717) is 0 Å². The summed E-state index contributed by atoms with van der Waals surface area (Å²) >= 11 is 0. The molecule has 2 rings (SSSR count). The molecule has 1 aliphatic rings. The van der Waals surface area contributed by atoms with Gasteiger partial charge in [0, 0.05) is 6.07 Å². The quantitative estimate of drug-likeness (QED) is 0.362. The molecule has 0 spiro atoms. The third-order valence-electron chi connectivity index (χ3n) is 3.25. The number of nitrogens with one attached hydrogen (secondary N) is 2. The zero-order valence-electron chi connectivity index (χ0n) is 10.9. The molecule has 1 unspecified atom stereocenters. The van der Waals surface area contributed by atoms with Gasteiger partial charge >= 0.3 is 0 Å². The van der Waals surface area contributed by atoms with Crippen molar-refractivity contribution in [1.29, 1.82) is 0 Å². The van der Waals surface area contributed by atoms with Gasteiger partial charge in [-0.25, -0.2) is 5.21 Å². The van der Waals surface area contributed by atoms with Crippen LogP contribution in [0.25, 0.3) is 0 Å². The molecule has 0 aromatic heterocycles. The van der Waals surface area contributed by atoms with Crippen molar-refractivity contribution in [2.24, 2.45) is 0 Å². The molecule has 112 valence electrons. The summed E-state index contributed by atoms with van der Waals surface area (Å²) < 4.78 is 5.25. The Hall–Kier alpha value is -1.26. The predicted molar refractivity (Wildman–Crippen MR) is 68.3 cm³/mol. The minimum absolute atomic E-state index is 0.0442. The highest BCUT2D eigenvalue weighted by atomic mass is 16.8. The predicted octanol–water partition coefficient (Wildman–Crippen LogP) is -1.75. The first kappa shape index (κ1) is 15.1. The highest BCUT2D eigenvalue weighted by Gasteiger charge is 2.42. The number of aryl methyl sites for hydroxylation is 1. The second-order valence-corrected chi connectivity index (χ2v) is 4.76. The summed E-state index contributed by atoms with van der Waals surface area (Å²) in [7, 11) is 0. The fourth-order valence-electron chi connectivity index (χ4n) is 2.13. The Balaban J connectivity index is 2.18. The molecule has 1 heterocycles. The van der Waals surface area contributed by atoms with Gasteiger partial charge < -0.3 is 30.6 Å². The lowest BCUT2D eigenvalue weighted by Crippen LogP contribution is -2.99. The number of hydrogen-bond acceptors (Lipinski definition) is 7. The Morgan fingerprint density at radius 3 is 2.60 bits per heavy atom. The topological polar surface area (TPSA) is 130 Å². The summed E-state index contributed by atoms with van der Waals surface area (Å²) in [5, 5.41) is 50.4. The second kappa shape index (κ2) is 6.02. The SMILES string of the molecule is Cc1ccc(N[C@@H]2O[C@H](CO)[C@@H](O)[C@H]2O)c([NH+]([O-])O)c1. The summed E-state index contributed by atoms with van der Waals surface area (Å²) in [6, 6.07) is 4.77. The van der Waals surface area contributed by atoms with E-state index < -0.39 is 36.4 Å². The Labute approximate surface area is 115 Å². The number of hydrogen-bond donors (Lipinski definition) is 6. The van der Waals surface area contributed by atoms with Crippen LogP contribution in [-0.4, -0.2) is 51.7 Å². The molecule has 1 fully saturated rings. The van der Waals surface area contributed by atoms with Crippen molar-refractivity contribution >= 4 is 11.4 Å². The molecule has 6 N–H and O–H groups in total. The minimum Gasteiger partial charge on any atom is -0.595 e. The Bertz CT molecular complexity index is 469. The molecule has 20 heavy (non-hydrogen) atoms. The Morgan fingerprint density at radius 2 is 2.05 bits per heavy atom. The molecule has 0 radical (unpaired) electrons. The fraction of sp³-hybridized carbons (Fsp3) is 0.500. The monoisotopic (exact) mass is 286 g/mol. The lowest BCUT2D eigenvalue weighted by molar-refractivity contribution is -0.990. The summed E-state index contributed by atoms with van der Waals surface area (Å²) in [4.78, 5) is 0. The van der Waals surface area contributed by atoms with Crippen LogP contribution in [0.4, 0.5) is 11.4 Å². The van der Waals surface area contributed by atoms with Crippen LogP contribution in [0, 0.1) is 12.1 Å². The van der Waals surface area contributed by atoms with E-state index in [1.165, 1.54) is 6.07 Å². The first-order valence-electron chi connectivity index (χ1n) is 6.17. The van der Waals surface area contributed by atoms with Gasteiger partial charge in [-0.1, -0.05) is 6.07 Å². The molecule has 1 aliphatic heterocycles. The van der Waals surface area contributed by atoms with Crippen molar-refractivity contribution in [3.63, 3.8) is 0 Å². The second-order valence-electron chi connectivity index (χ2n) is 4.76. The third kappa shape index (κ3) is 2.91. The maximum absolute atomic E-state index is 11.2. The van der Waals surface area contributed by atoms with Crippen molar-refractivity contribution in [3.05, 3.63) is 29.0 Å². The maximum Gasteiger partial charge on any atom is 0.187 e. The van der Waals surface area contributed by atoms with Crippen molar-refractivity contribution in [3.8, 4) is 0 Å². The Morgan fingerprint density at radius 1 is 1.35 bits per heavy atom. The number of rotatable bonds is 4. The largest absolute Gasteiger partial charge is 0.595 e. The number of anilines is 1. The van der Waals surface area contributed by atoms with Crippen molar-refractivity contribution in [2.45, 2.75) is 31.5 Å². The van der Waals surface area contributed by atoms with Gasteiger partial charge in [-0.15, -0.1) is 0 Å². The first-order valence-corrected chi connectivity index (χ1v) is 6.17. The highest BCUT2D eigenvalue weighted by molar-refractivity contribution is 5.62. The van der Waals surface area contributed by atoms with Crippen LogP contribution in [0.5, 0.6) is 0 Å². The van der Waals surface area contributed by atoms with E-state index in [-0.39, 0.29) is 11.4 Å². The number of quaternary nitrogens is 1. The zero-order chi connectivity index (χ0) is 14.9. The van der Waals surface area contributed by atoms with Gasteiger partial charge in [-0.3, -0.25) is 0 Å². The Kier molecular flexibility index (Phi) is 4.55. The minimum atomic E-state index is -1.25. The smallest absolute Gasteiger partial charge is 0.187 e. The lowest BCUT2D eigenvalue weighted by atomic mass is 10.1. The molecule has 0 aliphatic carbocycles. The molecular weight excluding hydrogens is 268 g/mol. The standard InChI is InChI=1S/C12H18N2O6/c1-6-2-3-7(8(4-6)14(18)19)13-12-11(17)10(16)9(5-15)20-12/h2-4,9-18H,5H2,1H3/t9-,10-,11-,12-/m1/s1. The molecule has 0 saturated carbocycles. The van der Waals surface area contributed by atoms with E-state index in [0.717, 1.165) is 5.56 Å². The summed E-state index contributed by atoms with van der Waals surface area (Å²) in [6.45, 7) is 1.33. The van der Waals surface area contributed by atoms with E-state index in [4.69, 9.17) is 15.1 Å². The van der Waals surface area contributed by atoms with Crippen molar-refractivity contribution in [1.82, 2.24) is 0 Å². The molecule has 0 bridgehead atoms. The molecule has 8 heteroatoms. The van der Waals surface area contributed by atoms with Gasteiger partial charge in [0.05, 0.1) is 6.61 Å². The van der Waals surface area contributed by atoms with Crippen LogP contribution >= 0.6 is 0 Å². The van der Waals surface area contributed by atoms with Gasteiger partial charge in [0.15, 0.2) is 11.9 Å². The molecule has 1 aromatic rings. The lowest BCUT2D eigenvalue weighted by Gasteiger charge is -2.21. The van der Waals surface area contributed by atoms with E-state index in [1.54, 1.807) is 19.1 Å². The number of aliphatic hydroxyl groups excluding tert-OH is 3. The molecule has 8 nitrogen and oxygen atoms in total. The van der Waals surface area contributed by atoms with E-state index in [2.05, 4.69) is 5.32 Å². The van der Waals surface area contributed by atoms with E-state index >= 15 is 0 Å². The third-order valence-corrected chi connectivity index (χ3v) is 3.25. The number of aliphatic hydroxyl groups is 3. The van der Waals surface area contributed by atoms with Crippen LogP contribution in [0.3, 0.4) is 0 Å². The van der Waals surface area contributed by atoms with E-state index in [9.17, 15) is 15.4 Å². The molecular formula is C12H18N2O6. The first-order chi connectivity index (χ1) is 9.43. The summed E-state index contributed by atoms with van der Waals surface area (Å²) in [5.41, 5.74) is 1.11. The molecule has 1 aromatic carbocycles. The van der Waals surface area contributed by atoms with Gasteiger partial charge in [-0.05, 0) is 18.6 Å². The maximum atomic E-state index is 11.2. The number of benzene rings is 1. The van der Waals surface area contributed by atoms with Gasteiger partial charge in [0.1, 0.15) is 24.0 Å². The summed E-state index contributed by atoms with van der Waals surface area (Å²) in [5.74, 6) is 0. The average molecular weight is 286 g/mol. The average Bonchev–Trinajstić information content (AvgIpc) is 2.68. The summed E-state index contributed by atoms with van der Waals surface area (Å²) in [6.07, 6.45) is -4.37. The molecule has 0 amide bonds. The number of ether oxygens (including phenoxy) is 1. The van der Waals surface area contributed by atoms with Crippen LogP contribution in [0.15, 0.2) is 18.2 Å². The van der Waals surface area contributed by atoms with Crippen LogP contribution in [0.1, 0.15) is 5.56 Å². The van der Waals surface area contributed by atoms with Gasteiger partial charge in [0.25, 0.3) is 0 Å². The van der Waals surface area contributed by atoms with Gasteiger partial charge in [-0.2, -0.15) is 5.23 Å². The van der Waals surface area contributed by atoms with Crippen molar-refractivity contribution in [2.75, 3.05) is 11.9 Å². The zero-order valence-corrected chi connectivity index (χ0v) is 10.9.